The number of hydrogen-bond donors (Lipinski definition) is 1. The minimum absolute atomic E-state index is 0.348. The van der Waals surface area contributed by atoms with Gasteiger partial charge in [-0.25, -0.2) is 4.79 Å². The Bertz CT molecular complexity index is 149. The largest absolute Gasteiger partial charge is 0.370 e. The fraction of sp³-hybridized carbons (Fsp3) is 0.500. The summed E-state index contributed by atoms with van der Waals surface area (Å²) in [5, 5.41) is 0. The summed E-state index contributed by atoms with van der Waals surface area (Å²) in [6, 6.07) is 0. The van der Waals surface area contributed by atoms with E-state index in [0.717, 1.165) is 12.8 Å². The number of hydrogen-bond acceptors (Lipinski definition) is 3. The molecule has 0 aromatic carbocycles. The zero-order valence-corrected chi connectivity index (χ0v) is 5.09. The zero-order valence-electron chi connectivity index (χ0n) is 5.09. The first kappa shape index (κ1) is 6.29. The van der Waals surface area contributed by atoms with Crippen molar-refractivity contribution < 1.29 is 9.63 Å². The molecule has 0 saturated heterocycles. The highest BCUT2D eigenvalue weighted by Crippen LogP contribution is 2.35. The third-order valence-electron chi connectivity index (χ3n) is 1.44. The molecule has 0 atom stereocenters. The van der Waals surface area contributed by atoms with Gasteiger partial charge in [0.2, 0.25) is 0 Å². The number of nitrogens with two attached hydrogens (primary N) is 1. The van der Waals surface area contributed by atoms with E-state index in [2.05, 4.69) is 17.3 Å². The molecule has 3 nitrogen and oxygen atoms in total. The van der Waals surface area contributed by atoms with Gasteiger partial charge in [0.25, 0.3) is 0 Å². The number of carbonyl (C=O) groups excluding carboxylic acids is 1. The second kappa shape index (κ2) is 2.19. The molecule has 0 amide bonds. The molecule has 9 heavy (non-hydrogen) atoms. The van der Waals surface area contributed by atoms with Gasteiger partial charge in [-0.2, -0.15) is 5.90 Å². The van der Waals surface area contributed by atoms with Crippen molar-refractivity contribution in [1.29, 1.82) is 0 Å². The Labute approximate surface area is 53.4 Å². The molecule has 50 valence electrons. The quantitative estimate of drug-likeness (QED) is 0.430. The summed E-state index contributed by atoms with van der Waals surface area (Å²) < 4.78 is 0. The molecule has 0 aliphatic heterocycles. The van der Waals surface area contributed by atoms with Gasteiger partial charge in [-0.15, -0.1) is 0 Å². The van der Waals surface area contributed by atoms with Crippen LogP contribution in [-0.4, -0.2) is 5.97 Å². The summed E-state index contributed by atoms with van der Waals surface area (Å²) >= 11 is 0. The van der Waals surface area contributed by atoms with Crippen LogP contribution < -0.4 is 5.90 Å². The molecule has 0 aromatic heterocycles. The molecule has 0 radical (unpaired) electrons. The lowest BCUT2D eigenvalue weighted by Crippen LogP contribution is -2.12. The van der Waals surface area contributed by atoms with Crippen LogP contribution in [0.2, 0.25) is 0 Å². The van der Waals surface area contributed by atoms with E-state index >= 15 is 0 Å². The molecular formula is C6H9NO2. The molecule has 1 saturated carbocycles. The van der Waals surface area contributed by atoms with Gasteiger partial charge in [0.1, 0.15) is 0 Å². The van der Waals surface area contributed by atoms with Gasteiger partial charge >= 0.3 is 5.97 Å². The molecule has 0 unspecified atom stereocenters. The average Bonchev–Trinajstić information content (AvgIpc) is 2.66. The highest BCUT2D eigenvalue weighted by molar-refractivity contribution is 5.88. The normalized spacial score (nSPS) is 17.0. The highest BCUT2D eigenvalue weighted by Gasteiger charge is 2.29. The first-order chi connectivity index (χ1) is 4.25. The van der Waals surface area contributed by atoms with E-state index < -0.39 is 5.97 Å². The van der Waals surface area contributed by atoms with Gasteiger partial charge in [0, 0.05) is 5.57 Å². The number of rotatable bonds is 2. The molecule has 1 aliphatic carbocycles. The molecule has 0 bridgehead atoms. The molecule has 2 N–H and O–H groups in total. The van der Waals surface area contributed by atoms with E-state index in [-0.39, 0.29) is 0 Å². The van der Waals surface area contributed by atoms with Crippen LogP contribution in [0.5, 0.6) is 0 Å². The Morgan fingerprint density at radius 3 is 2.56 bits per heavy atom. The van der Waals surface area contributed by atoms with Crippen molar-refractivity contribution in [3.8, 4) is 0 Å². The van der Waals surface area contributed by atoms with E-state index in [1.807, 2.05) is 0 Å². The Morgan fingerprint density at radius 2 is 2.22 bits per heavy atom. The molecule has 3 heteroatoms. The third kappa shape index (κ3) is 1.29. The summed E-state index contributed by atoms with van der Waals surface area (Å²) in [4.78, 5) is 14.5. The Balaban J connectivity index is 2.40. The van der Waals surface area contributed by atoms with E-state index in [1.54, 1.807) is 0 Å². The lowest BCUT2D eigenvalue weighted by Gasteiger charge is -1.96. The lowest BCUT2D eigenvalue weighted by molar-refractivity contribution is -0.139. The van der Waals surface area contributed by atoms with Crippen molar-refractivity contribution in [2.45, 2.75) is 12.8 Å². The van der Waals surface area contributed by atoms with Crippen molar-refractivity contribution in [3.05, 3.63) is 12.2 Å². The van der Waals surface area contributed by atoms with Crippen LogP contribution in [0.4, 0.5) is 0 Å². The summed E-state index contributed by atoms with van der Waals surface area (Å²) in [7, 11) is 0. The minimum Gasteiger partial charge on any atom is -0.370 e. The van der Waals surface area contributed by atoms with E-state index in [9.17, 15) is 4.79 Å². The highest BCUT2D eigenvalue weighted by atomic mass is 16.7. The van der Waals surface area contributed by atoms with Crippen molar-refractivity contribution in [3.63, 3.8) is 0 Å². The molecule has 1 rings (SSSR count). The Kier molecular flexibility index (Phi) is 1.53. The minimum atomic E-state index is -0.475. The van der Waals surface area contributed by atoms with Gasteiger partial charge < -0.3 is 4.84 Å². The van der Waals surface area contributed by atoms with Crippen LogP contribution >= 0.6 is 0 Å². The summed E-state index contributed by atoms with van der Waals surface area (Å²) in [5.41, 5.74) is 0.512. The van der Waals surface area contributed by atoms with E-state index in [4.69, 9.17) is 0 Å². The topological polar surface area (TPSA) is 52.3 Å². The molecular weight excluding hydrogens is 118 g/mol. The molecule has 0 heterocycles. The van der Waals surface area contributed by atoms with Crippen LogP contribution in [0.3, 0.4) is 0 Å². The third-order valence-corrected chi connectivity index (χ3v) is 1.44. The van der Waals surface area contributed by atoms with Crippen molar-refractivity contribution in [2.24, 2.45) is 11.8 Å². The smallest absolute Gasteiger partial charge is 0.352 e. The van der Waals surface area contributed by atoms with E-state index in [1.165, 1.54) is 0 Å². The monoisotopic (exact) mass is 127 g/mol. The van der Waals surface area contributed by atoms with Crippen molar-refractivity contribution in [1.82, 2.24) is 0 Å². The van der Waals surface area contributed by atoms with Crippen molar-refractivity contribution >= 4 is 5.97 Å². The van der Waals surface area contributed by atoms with Crippen LogP contribution in [0.1, 0.15) is 12.8 Å². The predicted molar refractivity (Wildman–Crippen MR) is 32.1 cm³/mol. The Morgan fingerprint density at radius 1 is 1.67 bits per heavy atom. The second-order valence-corrected chi connectivity index (χ2v) is 2.20. The summed E-state index contributed by atoms with van der Waals surface area (Å²) in [6.07, 6.45) is 2.10. The Hall–Kier alpha value is -0.830. The second-order valence-electron chi connectivity index (χ2n) is 2.20. The maximum absolute atomic E-state index is 10.5. The van der Waals surface area contributed by atoms with Gasteiger partial charge in [-0.3, -0.25) is 0 Å². The van der Waals surface area contributed by atoms with Gasteiger partial charge in [-0.1, -0.05) is 6.58 Å². The maximum atomic E-state index is 10.5. The van der Waals surface area contributed by atoms with Gasteiger partial charge in [0.05, 0.1) is 0 Å². The fourth-order valence-corrected chi connectivity index (χ4v) is 0.674. The molecule has 1 aliphatic rings. The predicted octanol–water partition coefficient (Wildman–Crippen LogP) is 0.369. The van der Waals surface area contributed by atoms with E-state index in [0.29, 0.717) is 11.5 Å². The summed E-state index contributed by atoms with van der Waals surface area (Å²) in [5.74, 6) is 4.50. The number of carbonyl (C=O) groups is 1. The zero-order chi connectivity index (χ0) is 6.85. The fourth-order valence-electron chi connectivity index (χ4n) is 0.674. The SMILES string of the molecule is C=C(C(=O)ON)C1CC1. The van der Waals surface area contributed by atoms with Gasteiger partial charge in [0.15, 0.2) is 0 Å². The van der Waals surface area contributed by atoms with Crippen LogP contribution in [-0.2, 0) is 9.63 Å². The standard InChI is InChI=1S/C6H9NO2/c1-4(5-2-3-5)6(8)9-7/h5H,1-3,7H2. The molecule has 1 fully saturated rings. The van der Waals surface area contributed by atoms with Gasteiger partial charge in [-0.05, 0) is 18.8 Å². The summed E-state index contributed by atoms with van der Waals surface area (Å²) in [6.45, 7) is 3.53. The first-order valence-electron chi connectivity index (χ1n) is 2.85. The molecule has 0 aromatic rings. The van der Waals surface area contributed by atoms with Crippen LogP contribution in [0.15, 0.2) is 12.2 Å². The molecule has 0 spiro atoms. The van der Waals surface area contributed by atoms with Crippen molar-refractivity contribution in [2.75, 3.05) is 0 Å². The first-order valence-corrected chi connectivity index (χ1v) is 2.85. The van der Waals surface area contributed by atoms with Crippen LogP contribution in [0.25, 0.3) is 0 Å². The maximum Gasteiger partial charge on any atom is 0.352 e. The average molecular weight is 127 g/mol. The van der Waals surface area contributed by atoms with Crippen LogP contribution in [0, 0.1) is 5.92 Å². The lowest BCUT2D eigenvalue weighted by atomic mass is 10.2.